The minimum absolute atomic E-state index is 0.667. The maximum absolute atomic E-state index is 9.84. The van der Waals surface area contributed by atoms with Crippen molar-refractivity contribution in [2.75, 3.05) is 13.2 Å². The minimum Gasteiger partial charge on any atom is -0.394 e. The van der Waals surface area contributed by atoms with Crippen molar-refractivity contribution in [3.8, 4) is 0 Å². The second kappa shape index (κ2) is 7.63. The smallest absolute Gasteiger partial charge is 0.189 e. The van der Waals surface area contributed by atoms with Gasteiger partial charge in [0.25, 0.3) is 0 Å². The van der Waals surface area contributed by atoms with E-state index in [1.807, 2.05) is 0 Å². The first-order valence-corrected chi connectivity index (χ1v) is 7.08. The van der Waals surface area contributed by atoms with Crippen LogP contribution in [0, 0.1) is 0 Å². The number of aliphatic hydroxyl groups excluding tert-OH is 8. The predicted molar refractivity (Wildman–Crippen MR) is 68.6 cm³/mol. The van der Waals surface area contributed by atoms with Gasteiger partial charge in [-0.3, -0.25) is 0 Å². The second-order valence-electron chi connectivity index (χ2n) is 5.53. The molecular weight excluding hydrogens is 320 g/mol. The van der Waals surface area contributed by atoms with Gasteiger partial charge in [-0.1, -0.05) is 0 Å². The van der Waals surface area contributed by atoms with Gasteiger partial charge in [0.1, 0.15) is 48.8 Å². The van der Waals surface area contributed by atoms with Gasteiger partial charge < -0.3 is 55.1 Å². The number of hydrogen-bond donors (Lipinski definition) is 8. The Bertz CT molecular complexity index is 344. The lowest BCUT2D eigenvalue weighted by Crippen LogP contribution is -2.63. The summed E-state index contributed by atoms with van der Waals surface area (Å²) in [4.78, 5) is 0. The summed E-state index contributed by atoms with van der Waals surface area (Å²) < 4.78 is 15.3. The Balaban J connectivity index is 2.07. The molecule has 136 valence electrons. The van der Waals surface area contributed by atoms with Crippen molar-refractivity contribution in [2.24, 2.45) is 0 Å². The van der Waals surface area contributed by atoms with E-state index in [9.17, 15) is 30.6 Å². The summed E-state index contributed by atoms with van der Waals surface area (Å²) in [5, 5.41) is 76.4. The molecule has 0 aromatic heterocycles. The molecule has 0 aromatic rings. The highest BCUT2D eigenvalue weighted by Gasteiger charge is 2.49. The van der Waals surface area contributed by atoms with E-state index in [2.05, 4.69) is 0 Å². The maximum atomic E-state index is 9.84. The summed E-state index contributed by atoms with van der Waals surface area (Å²) in [5.74, 6) is 0. The fourth-order valence-electron chi connectivity index (χ4n) is 2.49. The van der Waals surface area contributed by atoms with E-state index in [0.29, 0.717) is 0 Å². The van der Waals surface area contributed by atoms with Crippen molar-refractivity contribution in [3.63, 3.8) is 0 Å². The summed E-state index contributed by atoms with van der Waals surface area (Å²) >= 11 is 0. The van der Waals surface area contributed by atoms with Crippen LogP contribution in [0.5, 0.6) is 0 Å². The van der Waals surface area contributed by atoms with E-state index in [1.165, 1.54) is 0 Å². The van der Waals surface area contributed by atoms with E-state index >= 15 is 0 Å². The van der Waals surface area contributed by atoms with Crippen molar-refractivity contribution in [2.45, 2.75) is 61.4 Å². The lowest BCUT2D eigenvalue weighted by Gasteiger charge is -2.44. The Kier molecular flexibility index (Phi) is 6.27. The average molecular weight is 342 g/mol. The van der Waals surface area contributed by atoms with Gasteiger partial charge in [-0.25, -0.2) is 0 Å². The number of hydrogen-bond acceptors (Lipinski definition) is 11. The van der Waals surface area contributed by atoms with Crippen LogP contribution >= 0.6 is 0 Å². The molecule has 23 heavy (non-hydrogen) atoms. The predicted octanol–water partition coefficient (Wildman–Crippen LogP) is -5.40. The fourth-order valence-corrected chi connectivity index (χ4v) is 2.49. The van der Waals surface area contributed by atoms with Crippen molar-refractivity contribution >= 4 is 0 Å². The van der Waals surface area contributed by atoms with Gasteiger partial charge in [0, 0.05) is 0 Å². The molecule has 0 aromatic carbocycles. The second-order valence-corrected chi connectivity index (χ2v) is 5.53. The SMILES string of the molecule is OC[C@H]1OC(O[C@@H]2O[C@H](CO)[C@@H](O)[C@H](O)[C@H]2O)[C@H](O)[C@@H](O)[C@H]1O. The van der Waals surface area contributed by atoms with Gasteiger partial charge in [-0.05, 0) is 0 Å². The Morgan fingerprint density at radius 3 is 1.22 bits per heavy atom. The number of aliphatic hydroxyl groups is 8. The minimum atomic E-state index is -1.72. The number of ether oxygens (including phenoxy) is 3. The van der Waals surface area contributed by atoms with Crippen molar-refractivity contribution < 1.29 is 55.1 Å². The summed E-state index contributed by atoms with van der Waals surface area (Å²) in [6.45, 7) is -1.33. The molecule has 2 aliphatic heterocycles. The third-order valence-electron chi connectivity index (χ3n) is 3.97. The zero-order chi connectivity index (χ0) is 17.3. The molecule has 2 saturated heterocycles. The molecule has 10 atom stereocenters. The Morgan fingerprint density at radius 2 is 0.913 bits per heavy atom. The van der Waals surface area contributed by atoms with Crippen molar-refractivity contribution in [1.82, 2.24) is 0 Å². The molecule has 8 N–H and O–H groups in total. The molecule has 2 aliphatic rings. The standard InChI is InChI=1S/C12H22O11/c13-1-3-5(15)7(17)9(19)11(21-3)23-12-10(20)8(18)6(16)4(2-14)22-12/h3-20H,1-2H2/t3-,4-,5-,6+,7+,8+,9-,10-,11+,12?/m1/s1. The Hall–Kier alpha value is -0.440. The lowest BCUT2D eigenvalue weighted by molar-refractivity contribution is -0.376. The third-order valence-corrected chi connectivity index (χ3v) is 3.97. The number of rotatable bonds is 4. The van der Waals surface area contributed by atoms with Gasteiger partial charge >= 0.3 is 0 Å². The molecule has 0 spiro atoms. The Morgan fingerprint density at radius 1 is 0.565 bits per heavy atom. The van der Waals surface area contributed by atoms with Gasteiger partial charge in [-0.15, -0.1) is 0 Å². The molecular formula is C12H22O11. The first-order valence-electron chi connectivity index (χ1n) is 7.08. The molecule has 11 heteroatoms. The first-order chi connectivity index (χ1) is 10.8. The van der Waals surface area contributed by atoms with Crippen LogP contribution in [0.4, 0.5) is 0 Å². The molecule has 2 rings (SSSR count). The van der Waals surface area contributed by atoms with Crippen LogP contribution in [0.25, 0.3) is 0 Å². The van der Waals surface area contributed by atoms with E-state index < -0.39 is 74.6 Å². The fraction of sp³-hybridized carbons (Fsp3) is 1.00. The average Bonchev–Trinajstić information content (AvgIpc) is 2.55. The van der Waals surface area contributed by atoms with Crippen LogP contribution in [0.15, 0.2) is 0 Å². The van der Waals surface area contributed by atoms with Gasteiger partial charge in [0.15, 0.2) is 12.6 Å². The molecule has 0 radical (unpaired) electrons. The maximum Gasteiger partial charge on any atom is 0.189 e. The quantitative estimate of drug-likeness (QED) is 0.243. The van der Waals surface area contributed by atoms with Crippen LogP contribution < -0.4 is 0 Å². The molecule has 0 amide bonds. The molecule has 0 aliphatic carbocycles. The highest BCUT2D eigenvalue weighted by Crippen LogP contribution is 2.27. The summed E-state index contributed by atoms with van der Waals surface area (Å²) in [6.07, 6.45) is -15.6. The van der Waals surface area contributed by atoms with E-state index in [-0.39, 0.29) is 0 Å². The summed E-state index contributed by atoms with van der Waals surface area (Å²) in [6, 6.07) is 0. The van der Waals surface area contributed by atoms with Crippen LogP contribution in [0.2, 0.25) is 0 Å². The normalized spacial score (nSPS) is 51.7. The van der Waals surface area contributed by atoms with Crippen LogP contribution in [0.1, 0.15) is 0 Å². The van der Waals surface area contributed by atoms with Crippen molar-refractivity contribution in [1.29, 1.82) is 0 Å². The zero-order valence-corrected chi connectivity index (χ0v) is 12.0. The van der Waals surface area contributed by atoms with Gasteiger partial charge in [-0.2, -0.15) is 0 Å². The summed E-state index contributed by atoms with van der Waals surface area (Å²) in [7, 11) is 0. The molecule has 2 fully saturated rings. The van der Waals surface area contributed by atoms with Crippen molar-refractivity contribution in [3.05, 3.63) is 0 Å². The monoisotopic (exact) mass is 342 g/mol. The van der Waals surface area contributed by atoms with E-state index in [1.54, 1.807) is 0 Å². The van der Waals surface area contributed by atoms with Crippen LogP contribution in [0.3, 0.4) is 0 Å². The summed E-state index contributed by atoms with van der Waals surface area (Å²) in [5.41, 5.74) is 0. The van der Waals surface area contributed by atoms with E-state index in [0.717, 1.165) is 0 Å². The molecule has 11 nitrogen and oxygen atoms in total. The third kappa shape index (κ3) is 3.65. The lowest BCUT2D eigenvalue weighted by atomic mass is 9.98. The highest BCUT2D eigenvalue weighted by atomic mass is 16.8. The zero-order valence-electron chi connectivity index (χ0n) is 12.0. The van der Waals surface area contributed by atoms with Crippen LogP contribution in [-0.4, -0.2) is 115 Å². The Labute approximate surface area is 130 Å². The molecule has 1 unspecified atom stereocenters. The molecule has 2 heterocycles. The molecule has 0 bridgehead atoms. The first kappa shape index (κ1) is 18.9. The highest BCUT2D eigenvalue weighted by molar-refractivity contribution is 4.92. The van der Waals surface area contributed by atoms with Gasteiger partial charge in [0.05, 0.1) is 13.2 Å². The topological polar surface area (TPSA) is 190 Å². The van der Waals surface area contributed by atoms with Crippen LogP contribution in [-0.2, 0) is 14.2 Å². The largest absolute Gasteiger partial charge is 0.394 e. The van der Waals surface area contributed by atoms with Gasteiger partial charge in [0.2, 0.25) is 0 Å². The molecule has 0 saturated carbocycles. The van der Waals surface area contributed by atoms with E-state index in [4.69, 9.17) is 24.4 Å².